The summed E-state index contributed by atoms with van der Waals surface area (Å²) in [7, 11) is 0. The lowest BCUT2D eigenvalue weighted by Crippen LogP contribution is -2.16. The molecule has 18 heavy (non-hydrogen) atoms. The first-order valence-electron chi connectivity index (χ1n) is 5.57. The summed E-state index contributed by atoms with van der Waals surface area (Å²) < 4.78 is 5.29. The van der Waals surface area contributed by atoms with Gasteiger partial charge in [0, 0.05) is 11.4 Å². The van der Waals surface area contributed by atoms with Crippen molar-refractivity contribution in [2.45, 2.75) is 13.0 Å². The van der Waals surface area contributed by atoms with Gasteiger partial charge >= 0.3 is 0 Å². The quantitative estimate of drug-likeness (QED) is 0.719. The molecular formula is C13H15N3O2. The number of primary amides is 1. The van der Waals surface area contributed by atoms with E-state index in [1.807, 2.05) is 19.1 Å². The number of hydrogen-bond donors (Lipinski definition) is 3. The minimum atomic E-state index is -0.496. The highest BCUT2D eigenvalue weighted by Gasteiger charge is 2.13. The van der Waals surface area contributed by atoms with Crippen molar-refractivity contribution in [1.82, 2.24) is 0 Å². The third-order valence-electron chi connectivity index (χ3n) is 2.65. The van der Waals surface area contributed by atoms with Crippen LogP contribution in [-0.2, 0) is 0 Å². The van der Waals surface area contributed by atoms with Gasteiger partial charge in [-0.2, -0.15) is 0 Å². The predicted molar refractivity (Wildman–Crippen MR) is 70.1 cm³/mol. The molecule has 0 saturated carbocycles. The fraction of sp³-hybridized carbons (Fsp3) is 0.154. The fourth-order valence-electron chi connectivity index (χ4n) is 1.74. The van der Waals surface area contributed by atoms with Crippen molar-refractivity contribution in [3.63, 3.8) is 0 Å². The molecule has 0 bridgehead atoms. The Kier molecular flexibility index (Phi) is 3.23. The van der Waals surface area contributed by atoms with E-state index in [0.717, 1.165) is 5.76 Å². The largest absolute Gasteiger partial charge is 0.467 e. The molecule has 1 atom stereocenters. The maximum Gasteiger partial charge on any atom is 0.250 e. The zero-order chi connectivity index (χ0) is 13.1. The summed E-state index contributed by atoms with van der Waals surface area (Å²) in [6.45, 7) is 1.92. The molecule has 0 aliphatic heterocycles. The first kappa shape index (κ1) is 12.0. The normalized spacial score (nSPS) is 12.1. The Hall–Kier alpha value is -2.43. The Labute approximate surface area is 105 Å². The number of nitrogens with one attached hydrogen (secondary N) is 1. The van der Waals surface area contributed by atoms with Gasteiger partial charge in [0.2, 0.25) is 0 Å². The molecule has 2 rings (SSSR count). The van der Waals surface area contributed by atoms with Crippen molar-refractivity contribution in [1.29, 1.82) is 0 Å². The maximum absolute atomic E-state index is 11.3. The number of hydrogen-bond acceptors (Lipinski definition) is 4. The van der Waals surface area contributed by atoms with E-state index in [2.05, 4.69) is 5.32 Å². The van der Waals surface area contributed by atoms with Gasteiger partial charge in [0.05, 0.1) is 17.9 Å². The summed E-state index contributed by atoms with van der Waals surface area (Å²) in [6.07, 6.45) is 1.60. The van der Waals surface area contributed by atoms with Gasteiger partial charge in [0.1, 0.15) is 5.76 Å². The number of anilines is 2. The highest BCUT2D eigenvalue weighted by Crippen LogP contribution is 2.24. The zero-order valence-corrected chi connectivity index (χ0v) is 10.0. The molecule has 5 nitrogen and oxygen atoms in total. The lowest BCUT2D eigenvalue weighted by molar-refractivity contribution is 0.100. The third-order valence-corrected chi connectivity index (χ3v) is 2.65. The molecule has 5 N–H and O–H groups in total. The van der Waals surface area contributed by atoms with Crippen molar-refractivity contribution in [3.05, 3.63) is 47.9 Å². The minimum Gasteiger partial charge on any atom is -0.467 e. The molecule has 1 amide bonds. The summed E-state index contributed by atoms with van der Waals surface area (Å²) in [5.41, 5.74) is 12.6. The molecule has 2 aromatic rings. The number of carbonyl (C=O) groups is 1. The second-order valence-electron chi connectivity index (χ2n) is 4.05. The molecule has 0 aliphatic rings. The van der Waals surface area contributed by atoms with E-state index in [1.54, 1.807) is 24.5 Å². The van der Waals surface area contributed by atoms with Crippen LogP contribution < -0.4 is 16.8 Å². The zero-order valence-electron chi connectivity index (χ0n) is 10.0. The molecule has 1 aromatic carbocycles. The van der Waals surface area contributed by atoms with E-state index >= 15 is 0 Å². The number of carbonyl (C=O) groups excluding carboxylic acids is 1. The SMILES string of the molecule is CC(Nc1cc(N)ccc1C(N)=O)c1ccco1. The smallest absolute Gasteiger partial charge is 0.250 e. The lowest BCUT2D eigenvalue weighted by atomic mass is 10.1. The number of nitrogens with two attached hydrogens (primary N) is 2. The van der Waals surface area contributed by atoms with Gasteiger partial charge in [-0.15, -0.1) is 0 Å². The third kappa shape index (κ3) is 2.45. The summed E-state index contributed by atoms with van der Waals surface area (Å²) in [4.78, 5) is 11.3. The average molecular weight is 245 g/mol. The molecule has 1 unspecified atom stereocenters. The Morgan fingerprint density at radius 2 is 2.17 bits per heavy atom. The Bertz CT molecular complexity index is 549. The van der Waals surface area contributed by atoms with Crippen LogP contribution in [0.4, 0.5) is 11.4 Å². The highest BCUT2D eigenvalue weighted by atomic mass is 16.3. The van der Waals surface area contributed by atoms with Crippen LogP contribution in [0.15, 0.2) is 41.0 Å². The number of nitrogen functional groups attached to an aromatic ring is 1. The van der Waals surface area contributed by atoms with Crippen LogP contribution in [-0.4, -0.2) is 5.91 Å². The van der Waals surface area contributed by atoms with Crippen LogP contribution in [0.25, 0.3) is 0 Å². The Morgan fingerprint density at radius 1 is 1.39 bits per heavy atom. The van der Waals surface area contributed by atoms with Gasteiger partial charge in [-0.3, -0.25) is 4.79 Å². The lowest BCUT2D eigenvalue weighted by Gasteiger charge is -2.15. The minimum absolute atomic E-state index is 0.0834. The van der Waals surface area contributed by atoms with E-state index < -0.39 is 5.91 Å². The fourth-order valence-corrected chi connectivity index (χ4v) is 1.74. The van der Waals surface area contributed by atoms with E-state index in [9.17, 15) is 4.79 Å². The number of benzene rings is 1. The van der Waals surface area contributed by atoms with Crippen LogP contribution in [0.1, 0.15) is 29.1 Å². The van der Waals surface area contributed by atoms with Crippen LogP contribution >= 0.6 is 0 Å². The number of furan rings is 1. The van der Waals surface area contributed by atoms with Gasteiger partial charge in [0.15, 0.2) is 0 Å². The highest BCUT2D eigenvalue weighted by molar-refractivity contribution is 5.99. The monoisotopic (exact) mass is 245 g/mol. The van der Waals surface area contributed by atoms with Gasteiger partial charge in [-0.05, 0) is 37.3 Å². The molecule has 1 aromatic heterocycles. The first-order chi connectivity index (χ1) is 8.58. The van der Waals surface area contributed by atoms with Gasteiger partial charge in [-0.25, -0.2) is 0 Å². The van der Waals surface area contributed by atoms with E-state index in [1.165, 1.54) is 0 Å². The van der Waals surface area contributed by atoms with Crippen LogP contribution in [0.3, 0.4) is 0 Å². The molecule has 0 saturated heterocycles. The summed E-state index contributed by atoms with van der Waals surface area (Å²) in [5.74, 6) is 0.275. The number of amides is 1. The Balaban J connectivity index is 2.28. The molecule has 0 radical (unpaired) electrons. The molecule has 0 fully saturated rings. The van der Waals surface area contributed by atoms with Gasteiger partial charge in [-0.1, -0.05) is 0 Å². The summed E-state index contributed by atoms with van der Waals surface area (Å²) >= 11 is 0. The molecule has 0 aliphatic carbocycles. The van der Waals surface area contributed by atoms with E-state index in [-0.39, 0.29) is 6.04 Å². The van der Waals surface area contributed by atoms with Crippen LogP contribution in [0, 0.1) is 0 Å². The van der Waals surface area contributed by atoms with Crippen LogP contribution in [0.5, 0.6) is 0 Å². The van der Waals surface area contributed by atoms with Crippen LogP contribution in [0.2, 0.25) is 0 Å². The molecule has 94 valence electrons. The van der Waals surface area contributed by atoms with Gasteiger partial charge in [0.25, 0.3) is 5.91 Å². The number of rotatable bonds is 4. The molecule has 1 heterocycles. The Morgan fingerprint density at radius 3 is 2.78 bits per heavy atom. The van der Waals surface area contributed by atoms with Crippen molar-refractivity contribution < 1.29 is 9.21 Å². The maximum atomic E-state index is 11.3. The van der Waals surface area contributed by atoms with Crippen molar-refractivity contribution in [2.75, 3.05) is 11.1 Å². The van der Waals surface area contributed by atoms with Gasteiger partial charge < -0.3 is 21.2 Å². The van der Waals surface area contributed by atoms with E-state index in [4.69, 9.17) is 15.9 Å². The van der Waals surface area contributed by atoms with Crippen molar-refractivity contribution in [2.24, 2.45) is 5.73 Å². The molecular weight excluding hydrogens is 230 g/mol. The van der Waals surface area contributed by atoms with Crippen molar-refractivity contribution >= 4 is 17.3 Å². The van der Waals surface area contributed by atoms with E-state index in [0.29, 0.717) is 16.9 Å². The first-order valence-corrected chi connectivity index (χ1v) is 5.57. The summed E-state index contributed by atoms with van der Waals surface area (Å²) in [6, 6.07) is 8.51. The standard InChI is InChI=1S/C13H15N3O2/c1-8(12-3-2-6-18-12)16-11-7-9(14)4-5-10(11)13(15)17/h2-8,16H,14H2,1H3,(H2,15,17). The van der Waals surface area contributed by atoms with Crippen molar-refractivity contribution in [3.8, 4) is 0 Å². The summed E-state index contributed by atoms with van der Waals surface area (Å²) in [5, 5.41) is 3.16. The predicted octanol–water partition coefficient (Wildman–Crippen LogP) is 2.13. The second-order valence-corrected chi connectivity index (χ2v) is 4.05. The molecule has 5 heteroatoms. The average Bonchev–Trinajstić information content (AvgIpc) is 2.81. The topological polar surface area (TPSA) is 94.3 Å². The second kappa shape index (κ2) is 4.83. The molecule has 0 spiro atoms.